The van der Waals surface area contributed by atoms with Crippen molar-refractivity contribution < 1.29 is 9.90 Å². The molecule has 6 heteroatoms. The number of carboxylic acids is 1. The average Bonchev–Trinajstić information content (AvgIpc) is 2.99. The smallest absolute Gasteiger partial charge is 0.303 e. The van der Waals surface area contributed by atoms with Crippen LogP contribution in [-0.4, -0.2) is 20.6 Å². The zero-order valence-corrected chi connectivity index (χ0v) is 11.8. The number of nitrogens with zero attached hydrogens (tertiary/aromatic N) is 2. The normalized spacial score (nSPS) is 10.9. The van der Waals surface area contributed by atoms with Gasteiger partial charge in [-0.2, -0.15) is 11.3 Å². The van der Waals surface area contributed by atoms with Crippen LogP contribution in [0.3, 0.4) is 0 Å². The van der Waals surface area contributed by atoms with Gasteiger partial charge in [0.25, 0.3) is 5.56 Å². The van der Waals surface area contributed by atoms with Gasteiger partial charge in [-0.25, -0.2) is 4.98 Å². The minimum atomic E-state index is -0.908. The highest BCUT2D eigenvalue weighted by atomic mass is 32.1. The summed E-state index contributed by atoms with van der Waals surface area (Å²) < 4.78 is 1.50. The molecular weight excluding hydrogens is 288 g/mol. The van der Waals surface area contributed by atoms with Gasteiger partial charge in [0.2, 0.25) is 0 Å². The van der Waals surface area contributed by atoms with Gasteiger partial charge < -0.3 is 5.11 Å². The first kappa shape index (κ1) is 13.5. The number of hydrogen-bond acceptors (Lipinski definition) is 4. The lowest BCUT2D eigenvalue weighted by atomic mass is 10.2. The number of hydrogen-bond donors (Lipinski definition) is 1. The van der Waals surface area contributed by atoms with Crippen LogP contribution in [0.25, 0.3) is 16.6 Å². The van der Waals surface area contributed by atoms with E-state index in [1.165, 1.54) is 15.9 Å². The predicted molar refractivity (Wildman–Crippen MR) is 81.2 cm³/mol. The van der Waals surface area contributed by atoms with Gasteiger partial charge in [0.15, 0.2) is 0 Å². The molecule has 0 bridgehead atoms. The van der Waals surface area contributed by atoms with Gasteiger partial charge in [-0.3, -0.25) is 14.2 Å². The first-order valence-corrected chi connectivity index (χ1v) is 7.36. The maximum Gasteiger partial charge on any atom is 0.303 e. The molecule has 2 heterocycles. The van der Waals surface area contributed by atoms with Gasteiger partial charge in [-0.15, -0.1) is 0 Å². The highest BCUT2D eigenvalue weighted by molar-refractivity contribution is 7.08. The minimum Gasteiger partial charge on any atom is -0.481 e. The van der Waals surface area contributed by atoms with E-state index in [4.69, 9.17) is 5.11 Å². The summed E-state index contributed by atoms with van der Waals surface area (Å²) in [6, 6.07) is 8.92. The van der Waals surface area contributed by atoms with Crippen LogP contribution in [0.5, 0.6) is 0 Å². The molecule has 0 atom stereocenters. The van der Waals surface area contributed by atoms with Gasteiger partial charge in [0.05, 0.1) is 23.0 Å². The third-order valence-corrected chi connectivity index (χ3v) is 3.84. The Kier molecular flexibility index (Phi) is 3.53. The maximum atomic E-state index is 12.7. The quantitative estimate of drug-likeness (QED) is 0.803. The van der Waals surface area contributed by atoms with Crippen LogP contribution in [-0.2, 0) is 11.2 Å². The van der Waals surface area contributed by atoms with Crippen molar-refractivity contribution in [1.82, 2.24) is 9.55 Å². The summed E-state index contributed by atoms with van der Waals surface area (Å²) in [6.45, 7) is 0. The molecule has 0 saturated heterocycles. The van der Waals surface area contributed by atoms with E-state index >= 15 is 0 Å². The van der Waals surface area contributed by atoms with E-state index in [9.17, 15) is 9.59 Å². The second-order valence-electron chi connectivity index (χ2n) is 4.56. The molecule has 0 saturated carbocycles. The van der Waals surface area contributed by atoms with E-state index in [0.29, 0.717) is 16.7 Å². The van der Waals surface area contributed by atoms with Crippen molar-refractivity contribution in [2.75, 3.05) is 0 Å². The van der Waals surface area contributed by atoms with Crippen LogP contribution in [0.2, 0.25) is 0 Å². The molecule has 0 aliphatic carbocycles. The molecule has 0 aliphatic rings. The summed E-state index contributed by atoms with van der Waals surface area (Å²) in [5.41, 5.74) is 1.15. The Morgan fingerprint density at radius 3 is 2.81 bits per heavy atom. The maximum absolute atomic E-state index is 12.7. The minimum absolute atomic E-state index is 0.0606. The molecule has 0 fully saturated rings. The molecule has 0 unspecified atom stereocenters. The van der Waals surface area contributed by atoms with Crippen LogP contribution in [0.4, 0.5) is 0 Å². The highest BCUT2D eigenvalue weighted by Gasteiger charge is 2.13. The molecule has 0 aliphatic heterocycles. The number of benzene rings is 1. The lowest BCUT2D eigenvalue weighted by molar-refractivity contribution is -0.137. The van der Waals surface area contributed by atoms with Crippen LogP contribution in [0, 0.1) is 0 Å². The Morgan fingerprint density at radius 1 is 1.29 bits per heavy atom. The highest BCUT2D eigenvalue weighted by Crippen LogP contribution is 2.16. The third kappa shape index (κ3) is 2.57. The van der Waals surface area contributed by atoms with Gasteiger partial charge >= 0.3 is 5.97 Å². The summed E-state index contributed by atoms with van der Waals surface area (Å²) in [7, 11) is 0. The number of carbonyl (C=O) groups is 1. The zero-order valence-electron chi connectivity index (χ0n) is 11.0. The Balaban J connectivity index is 2.25. The van der Waals surface area contributed by atoms with Gasteiger partial charge in [0.1, 0.15) is 5.82 Å². The molecule has 0 spiro atoms. The van der Waals surface area contributed by atoms with Gasteiger partial charge in [-0.1, -0.05) is 12.1 Å². The number of aryl methyl sites for hydroxylation is 1. The number of rotatable bonds is 4. The fourth-order valence-corrected chi connectivity index (χ4v) is 2.84. The van der Waals surface area contributed by atoms with E-state index in [2.05, 4.69) is 4.98 Å². The molecule has 1 aromatic carbocycles. The van der Waals surface area contributed by atoms with Crippen LogP contribution >= 0.6 is 11.3 Å². The van der Waals surface area contributed by atoms with Crippen LogP contribution < -0.4 is 5.56 Å². The molecule has 0 amide bonds. The lowest BCUT2D eigenvalue weighted by Gasteiger charge is -2.11. The molecule has 21 heavy (non-hydrogen) atoms. The predicted octanol–water partition coefficient (Wildman–Crippen LogP) is 2.46. The molecule has 3 aromatic rings. The third-order valence-electron chi connectivity index (χ3n) is 3.17. The molecule has 106 valence electrons. The van der Waals surface area contributed by atoms with E-state index < -0.39 is 5.97 Å². The summed E-state index contributed by atoms with van der Waals surface area (Å²) in [4.78, 5) is 27.9. The molecular formula is C15H12N2O3S. The van der Waals surface area contributed by atoms with E-state index in [-0.39, 0.29) is 18.4 Å². The number of fused-ring (bicyclic) bond motifs is 1. The second-order valence-corrected chi connectivity index (χ2v) is 5.34. The van der Waals surface area contributed by atoms with E-state index in [1.54, 1.807) is 18.2 Å². The standard InChI is InChI=1S/C15H12N2O3S/c18-14(19)6-5-13-16-12-4-2-1-3-11(12)15(20)17(13)10-7-8-21-9-10/h1-4,7-9H,5-6H2,(H,18,19). The van der Waals surface area contributed by atoms with Crippen molar-refractivity contribution >= 4 is 28.2 Å². The zero-order chi connectivity index (χ0) is 14.8. The number of aliphatic carboxylic acids is 1. The van der Waals surface area contributed by atoms with Crippen molar-refractivity contribution in [2.24, 2.45) is 0 Å². The Labute approximate surface area is 124 Å². The van der Waals surface area contributed by atoms with Crippen LogP contribution in [0.15, 0.2) is 45.9 Å². The van der Waals surface area contributed by atoms with Crippen molar-refractivity contribution in [2.45, 2.75) is 12.8 Å². The first-order valence-electron chi connectivity index (χ1n) is 6.42. The van der Waals surface area contributed by atoms with Crippen molar-refractivity contribution in [3.8, 4) is 5.69 Å². The second kappa shape index (κ2) is 5.49. The Morgan fingerprint density at radius 2 is 2.10 bits per heavy atom. The number of thiophene rings is 1. The van der Waals surface area contributed by atoms with Crippen molar-refractivity contribution in [3.63, 3.8) is 0 Å². The van der Waals surface area contributed by atoms with E-state index in [1.807, 2.05) is 22.9 Å². The first-order chi connectivity index (χ1) is 10.2. The number of carboxylic acid groups (broad SMARTS) is 1. The molecule has 1 N–H and O–H groups in total. The Bertz CT molecular complexity index is 853. The summed E-state index contributed by atoms with van der Waals surface area (Å²) in [6.07, 6.45) is 0.153. The molecule has 2 aromatic heterocycles. The largest absolute Gasteiger partial charge is 0.481 e. The van der Waals surface area contributed by atoms with Crippen LogP contribution in [0.1, 0.15) is 12.2 Å². The fourth-order valence-electron chi connectivity index (χ4n) is 2.22. The average molecular weight is 300 g/mol. The van der Waals surface area contributed by atoms with E-state index in [0.717, 1.165) is 5.69 Å². The molecule has 0 radical (unpaired) electrons. The Hall–Kier alpha value is -2.47. The van der Waals surface area contributed by atoms with Gasteiger partial charge in [0, 0.05) is 11.8 Å². The summed E-state index contributed by atoms with van der Waals surface area (Å²) in [5, 5.41) is 13.1. The lowest BCUT2D eigenvalue weighted by Crippen LogP contribution is -2.24. The topological polar surface area (TPSA) is 72.2 Å². The fraction of sp³-hybridized carbons (Fsp3) is 0.133. The summed E-state index contributed by atoms with van der Waals surface area (Å²) >= 11 is 1.48. The molecule has 5 nitrogen and oxygen atoms in total. The SMILES string of the molecule is O=C(O)CCc1nc2ccccc2c(=O)n1-c1ccsc1. The molecule has 3 rings (SSSR count). The van der Waals surface area contributed by atoms with Crippen molar-refractivity contribution in [1.29, 1.82) is 0 Å². The monoisotopic (exact) mass is 300 g/mol. The number of para-hydroxylation sites is 1. The van der Waals surface area contributed by atoms with Gasteiger partial charge in [-0.05, 0) is 23.6 Å². The van der Waals surface area contributed by atoms with Crippen molar-refractivity contribution in [3.05, 3.63) is 57.3 Å². The summed E-state index contributed by atoms with van der Waals surface area (Å²) in [5.74, 6) is -0.436. The number of aromatic nitrogens is 2.